The van der Waals surface area contributed by atoms with Crippen molar-refractivity contribution < 1.29 is 9.90 Å². The lowest BCUT2D eigenvalue weighted by Gasteiger charge is -2.07. The third-order valence-electron chi connectivity index (χ3n) is 2.42. The first-order chi connectivity index (χ1) is 8.16. The molecular weight excluding hydrogens is 216 g/mol. The minimum atomic E-state index is -0.878. The molecule has 86 valence electrons. The van der Waals surface area contributed by atoms with Crippen LogP contribution in [0.1, 0.15) is 11.3 Å². The third kappa shape index (κ3) is 2.66. The SMILES string of the molecule is Cc1cnc(CC(=O)O)c(-c2ccncc2)c1. The van der Waals surface area contributed by atoms with Gasteiger partial charge in [-0.25, -0.2) is 0 Å². The molecule has 0 unspecified atom stereocenters. The van der Waals surface area contributed by atoms with Crippen molar-refractivity contribution in [3.63, 3.8) is 0 Å². The largest absolute Gasteiger partial charge is 0.481 e. The van der Waals surface area contributed by atoms with Crippen molar-refractivity contribution >= 4 is 5.97 Å². The molecule has 2 heterocycles. The summed E-state index contributed by atoms with van der Waals surface area (Å²) < 4.78 is 0. The van der Waals surface area contributed by atoms with E-state index >= 15 is 0 Å². The Morgan fingerprint density at radius 2 is 2.06 bits per heavy atom. The molecule has 0 atom stereocenters. The third-order valence-corrected chi connectivity index (χ3v) is 2.42. The number of aliphatic carboxylic acids is 1. The molecule has 17 heavy (non-hydrogen) atoms. The lowest BCUT2D eigenvalue weighted by Crippen LogP contribution is -2.04. The molecule has 0 radical (unpaired) electrons. The number of aryl methyl sites for hydroxylation is 1. The van der Waals surface area contributed by atoms with Gasteiger partial charge in [-0.15, -0.1) is 0 Å². The van der Waals surface area contributed by atoms with E-state index in [-0.39, 0.29) is 6.42 Å². The number of carbonyl (C=O) groups is 1. The highest BCUT2D eigenvalue weighted by Gasteiger charge is 2.10. The smallest absolute Gasteiger partial charge is 0.309 e. The predicted octanol–water partition coefficient (Wildman–Crippen LogP) is 2.08. The summed E-state index contributed by atoms with van der Waals surface area (Å²) in [6.07, 6.45) is 4.98. The first-order valence-electron chi connectivity index (χ1n) is 5.24. The van der Waals surface area contributed by atoms with Crippen molar-refractivity contribution in [2.45, 2.75) is 13.3 Å². The highest BCUT2D eigenvalue weighted by Crippen LogP contribution is 2.23. The van der Waals surface area contributed by atoms with Crippen LogP contribution < -0.4 is 0 Å². The van der Waals surface area contributed by atoms with Crippen LogP contribution in [-0.4, -0.2) is 21.0 Å². The molecule has 0 bridgehead atoms. The Kier molecular flexibility index (Phi) is 3.14. The van der Waals surface area contributed by atoms with Gasteiger partial charge in [-0.2, -0.15) is 0 Å². The lowest BCUT2D eigenvalue weighted by molar-refractivity contribution is -0.136. The molecule has 0 amide bonds. The average Bonchev–Trinajstić information content (AvgIpc) is 2.32. The molecule has 0 saturated carbocycles. The van der Waals surface area contributed by atoms with Gasteiger partial charge in [0, 0.05) is 24.2 Å². The zero-order valence-corrected chi connectivity index (χ0v) is 9.42. The van der Waals surface area contributed by atoms with Gasteiger partial charge in [0.2, 0.25) is 0 Å². The fourth-order valence-electron chi connectivity index (χ4n) is 1.66. The fourth-order valence-corrected chi connectivity index (χ4v) is 1.66. The molecule has 0 saturated heterocycles. The molecule has 0 aliphatic rings. The Labute approximate surface area is 99.0 Å². The molecule has 0 aliphatic carbocycles. The predicted molar refractivity (Wildman–Crippen MR) is 63.5 cm³/mol. The molecule has 2 aromatic heterocycles. The quantitative estimate of drug-likeness (QED) is 0.873. The number of hydrogen-bond donors (Lipinski definition) is 1. The maximum atomic E-state index is 10.8. The topological polar surface area (TPSA) is 63.1 Å². The Morgan fingerprint density at radius 3 is 2.71 bits per heavy atom. The highest BCUT2D eigenvalue weighted by atomic mass is 16.4. The number of rotatable bonds is 3. The van der Waals surface area contributed by atoms with Gasteiger partial charge in [-0.1, -0.05) is 0 Å². The Bertz CT molecular complexity index is 538. The van der Waals surface area contributed by atoms with Crippen LogP contribution in [0.15, 0.2) is 36.8 Å². The molecule has 0 aliphatic heterocycles. The minimum Gasteiger partial charge on any atom is -0.481 e. The van der Waals surface area contributed by atoms with Crippen molar-refractivity contribution in [3.05, 3.63) is 48.0 Å². The fraction of sp³-hybridized carbons (Fsp3) is 0.154. The number of hydrogen-bond acceptors (Lipinski definition) is 3. The summed E-state index contributed by atoms with van der Waals surface area (Å²) in [5.74, 6) is -0.878. The monoisotopic (exact) mass is 228 g/mol. The van der Waals surface area contributed by atoms with E-state index < -0.39 is 5.97 Å². The van der Waals surface area contributed by atoms with Crippen LogP contribution in [-0.2, 0) is 11.2 Å². The van der Waals surface area contributed by atoms with Crippen LogP contribution >= 0.6 is 0 Å². The second-order valence-electron chi connectivity index (χ2n) is 3.81. The first-order valence-corrected chi connectivity index (χ1v) is 5.24. The van der Waals surface area contributed by atoms with E-state index in [0.29, 0.717) is 5.69 Å². The van der Waals surface area contributed by atoms with Crippen molar-refractivity contribution in [1.29, 1.82) is 0 Å². The van der Waals surface area contributed by atoms with Crippen LogP contribution in [0, 0.1) is 6.92 Å². The maximum absolute atomic E-state index is 10.8. The first kappa shape index (κ1) is 11.3. The van der Waals surface area contributed by atoms with Crippen molar-refractivity contribution in [3.8, 4) is 11.1 Å². The summed E-state index contributed by atoms with van der Waals surface area (Å²) in [7, 11) is 0. The molecule has 4 heteroatoms. The summed E-state index contributed by atoms with van der Waals surface area (Å²) in [4.78, 5) is 18.9. The summed E-state index contributed by atoms with van der Waals surface area (Å²) in [5, 5.41) is 8.86. The van der Waals surface area contributed by atoms with Gasteiger partial charge in [-0.05, 0) is 36.2 Å². The zero-order valence-electron chi connectivity index (χ0n) is 9.42. The van der Waals surface area contributed by atoms with Crippen LogP contribution in [0.3, 0.4) is 0 Å². The van der Waals surface area contributed by atoms with Gasteiger partial charge >= 0.3 is 5.97 Å². The molecule has 0 aromatic carbocycles. The van der Waals surface area contributed by atoms with Gasteiger partial charge in [0.1, 0.15) is 0 Å². The number of pyridine rings is 2. The molecule has 1 N–H and O–H groups in total. The minimum absolute atomic E-state index is 0.0715. The molecule has 0 fully saturated rings. The normalized spacial score (nSPS) is 10.2. The molecule has 0 spiro atoms. The van der Waals surface area contributed by atoms with E-state index in [9.17, 15) is 4.79 Å². The van der Waals surface area contributed by atoms with E-state index in [1.54, 1.807) is 18.6 Å². The van der Waals surface area contributed by atoms with E-state index in [1.165, 1.54) is 0 Å². The summed E-state index contributed by atoms with van der Waals surface area (Å²) in [6.45, 7) is 1.93. The second kappa shape index (κ2) is 4.74. The Balaban J connectivity index is 2.51. The van der Waals surface area contributed by atoms with E-state index in [2.05, 4.69) is 9.97 Å². The van der Waals surface area contributed by atoms with E-state index in [1.807, 2.05) is 25.1 Å². The van der Waals surface area contributed by atoms with E-state index in [0.717, 1.165) is 16.7 Å². The lowest BCUT2D eigenvalue weighted by atomic mass is 10.0. The Morgan fingerprint density at radius 1 is 1.35 bits per heavy atom. The van der Waals surface area contributed by atoms with Crippen LogP contribution in [0.5, 0.6) is 0 Å². The van der Waals surface area contributed by atoms with Gasteiger partial charge < -0.3 is 5.11 Å². The van der Waals surface area contributed by atoms with Gasteiger partial charge in [0.05, 0.1) is 12.1 Å². The maximum Gasteiger partial charge on any atom is 0.309 e. The number of carboxylic acids is 1. The molecular formula is C13H12N2O2. The average molecular weight is 228 g/mol. The molecule has 4 nitrogen and oxygen atoms in total. The van der Waals surface area contributed by atoms with Crippen molar-refractivity contribution in [2.24, 2.45) is 0 Å². The van der Waals surface area contributed by atoms with Crippen molar-refractivity contribution in [2.75, 3.05) is 0 Å². The van der Waals surface area contributed by atoms with Crippen LogP contribution in [0.25, 0.3) is 11.1 Å². The Hall–Kier alpha value is -2.23. The van der Waals surface area contributed by atoms with Gasteiger partial charge in [-0.3, -0.25) is 14.8 Å². The van der Waals surface area contributed by atoms with Crippen molar-refractivity contribution in [1.82, 2.24) is 9.97 Å². The van der Waals surface area contributed by atoms with Gasteiger partial charge in [0.25, 0.3) is 0 Å². The van der Waals surface area contributed by atoms with E-state index in [4.69, 9.17) is 5.11 Å². The number of carboxylic acid groups (broad SMARTS) is 1. The summed E-state index contributed by atoms with van der Waals surface area (Å²) in [5.41, 5.74) is 3.38. The summed E-state index contributed by atoms with van der Waals surface area (Å²) in [6, 6.07) is 5.64. The van der Waals surface area contributed by atoms with Crippen LogP contribution in [0.2, 0.25) is 0 Å². The number of aromatic nitrogens is 2. The second-order valence-corrected chi connectivity index (χ2v) is 3.81. The molecule has 2 rings (SSSR count). The number of nitrogens with zero attached hydrogens (tertiary/aromatic N) is 2. The molecule has 2 aromatic rings. The standard InChI is InChI=1S/C13H12N2O2/c1-9-6-11(10-2-4-14-5-3-10)12(15-8-9)7-13(16)17/h2-6,8H,7H2,1H3,(H,16,17). The summed E-state index contributed by atoms with van der Waals surface area (Å²) >= 11 is 0. The van der Waals surface area contributed by atoms with Gasteiger partial charge in [0.15, 0.2) is 0 Å². The zero-order chi connectivity index (χ0) is 12.3. The van der Waals surface area contributed by atoms with Crippen LogP contribution in [0.4, 0.5) is 0 Å². The highest BCUT2D eigenvalue weighted by molar-refractivity contribution is 5.75.